The van der Waals surface area contributed by atoms with E-state index >= 15 is 0 Å². The number of nitrogens with one attached hydrogen (secondary N) is 1. The van der Waals surface area contributed by atoms with Gasteiger partial charge in [0.15, 0.2) is 11.5 Å². The van der Waals surface area contributed by atoms with Crippen LogP contribution in [0.15, 0.2) is 42.6 Å². The van der Waals surface area contributed by atoms with Crippen LogP contribution in [0.25, 0.3) is 5.69 Å². The van der Waals surface area contributed by atoms with E-state index in [2.05, 4.69) is 5.32 Å². The molecule has 0 saturated carbocycles. The van der Waals surface area contributed by atoms with Crippen LogP contribution >= 0.6 is 11.6 Å². The number of halogens is 1. The van der Waals surface area contributed by atoms with Gasteiger partial charge in [-0.3, -0.25) is 4.79 Å². The zero-order chi connectivity index (χ0) is 23.0. The molecule has 1 atom stereocenters. The number of nitrogens with zero attached hydrogens (tertiary/aromatic N) is 1. The number of anilines is 1. The van der Waals surface area contributed by atoms with Gasteiger partial charge in [-0.05, 0) is 24.3 Å². The summed E-state index contributed by atoms with van der Waals surface area (Å²) in [5.41, 5.74) is 2.17. The highest BCUT2D eigenvalue weighted by Gasteiger charge is 2.36. The third-order valence-corrected chi connectivity index (χ3v) is 5.69. The predicted octanol–water partition coefficient (Wildman–Crippen LogP) is 4.33. The molecule has 1 aliphatic rings. The topological polar surface area (TPSA) is 99.0 Å². The summed E-state index contributed by atoms with van der Waals surface area (Å²) in [7, 11) is 4.56. The Hall–Kier alpha value is -3.65. The summed E-state index contributed by atoms with van der Waals surface area (Å²) >= 11 is 6.19. The van der Waals surface area contributed by atoms with Crippen LogP contribution < -0.4 is 19.5 Å². The molecule has 1 unspecified atom stereocenters. The van der Waals surface area contributed by atoms with Gasteiger partial charge >= 0.3 is 5.97 Å². The van der Waals surface area contributed by atoms with Gasteiger partial charge in [0, 0.05) is 40.9 Å². The van der Waals surface area contributed by atoms with E-state index in [1.165, 1.54) is 27.5 Å². The van der Waals surface area contributed by atoms with Crippen LogP contribution in [-0.4, -0.2) is 42.9 Å². The molecule has 2 heterocycles. The van der Waals surface area contributed by atoms with E-state index in [4.69, 9.17) is 25.8 Å². The average Bonchev–Trinajstić information content (AvgIpc) is 3.17. The summed E-state index contributed by atoms with van der Waals surface area (Å²) in [5, 5.41) is 13.0. The molecule has 0 spiro atoms. The lowest BCUT2D eigenvalue weighted by atomic mass is 9.87. The number of carbonyl (C=O) groups is 2. The molecule has 0 aliphatic carbocycles. The Balaban J connectivity index is 2.01. The number of benzene rings is 2. The average molecular weight is 457 g/mol. The number of hydrogen-bond acceptors (Lipinski definition) is 5. The molecular weight excluding hydrogens is 436 g/mol. The lowest BCUT2D eigenvalue weighted by Gasteiger charge is -2.28. The van der Waals surface area contributed by atoms with Gasteiger partial charge < -0.3 is 29.2 Å². The zero-order valence-corrected chi connectivity index (χ0v) is 18.4. The minimum atomic E-state index is -1.15. The highest BCUT2D eigenvalue weighted by Crippen LogP contribution is 2.47. The Morgan fingerprint density at radius 1 is 1.09 bits per heavy atom. The Bertz CT molecular complexity index is 1220. The Kier molecular flexibility index (Phi) is 5.71. The molecule has 0 saturated heterocycles. The lowest BCUT2D eigenvalue weighted by molar-refractivity contribution is -0.116. The molecule has 8 nitrogen and oxygen atoms in total. The monoisotopic (exact) mass is 456 g/mol. The molecule has 2 aromatic carbocycles. The first-order chi connectivity index (χ1) is 15.4. The smallest absolute Gasteiger partial charge is 0.339 e. The minimum Gasteiger partial charge on any atom is -0.496 e. The number of carboxylic acids is 1. The molecule has 1 aromatic heterocycles. The van der Waals surface area contributed by atoms with Crippen molar-refractivity contribution in [3.05, 3.63) is 64.4 Å². The SMILES string of the molecule is COc1cc(OC)c(C2CC(=O)Nc3c(C(=O)O)cn(-c4cccc(Cl)c4)c32)cc1OC. The third kappa shape index (κ3) is 3.62. The van der Waals surface area contributed by atoms with Crippen LogP contribution in [0.4, 0.5) is 5.69 Å². The van der Waals surface area contributed by atoms with Gasteiger partial charge in [-0.1, -0.05) is 17.7 Å². The Labute approximate surface area is 189 Å². The molecule has 0 bridgehead atoms. The van der Waals surface area contributed by atoms with E-state index in [9.17, 15) is 14.7 Å². The maximum atomic E-state index is 12.6. The van der Waals surface area contributed by atoms with Crippen LogP contribution in [0, 0.1) is 0 Å². The fourth-order valence-electron chi connectivity index (χ4n) is 4.05. The molecule has 0 radical (unpaired) electrons. The number of carboxylic acid groups (broad SMARTS) is 1. The molecule has 4 rings (SSSR count). The minimum absolute atomic E-state index is 0.0162. The van der Waals surface area contributed by atoms with Crippen LogP contribution in [-0.2, 0) is 4.79 Å². The molecule has 166 valence electrons. The molecule has 1 aliphatic heterocycles. The molecular formula is C23H21ClN2O6. The number of amides is 1. The fraction of sp³-hybridized carbons (Fsp3) is 0.217. The summed E-state index contributed by atoms with van der Waals surface area (Å²) in [5.74, 6) is -0.530. The molecule has 0 fully saturated rings. The molecule has 2 N–H and O–H groups in total. The van der Waals surface area contributed by atoms with Gasteiger partial charge in [-0.2, -0.15) is 0 Å². The largest absolute Gasteiger partial charge is 0.496 e. The van der Waals surface area contributed by atoms with Crippen LogP contribution in [0.2, 0.25) is 5.02 Å². The Morgan fingerprint density at radius 3 is 2.41 bits per heavy atom. The first-order valence-electron chi connectivity index (χ1n) is 9.72. The lowest BCUT2D eigenvalue weighted by Crippen LogP contribution is -2.26. The van der Waals surface area contributed by atoms with Crippen LogP contribution in [0.1, 0.15) is 34.0 Å². The zero-order valence-electron chi connectivity index (χ0n) is 17.6. The van der Waals surface area contributed by atoms with E-state index in [0.29, 0.717) is 39.2 Å². The van der Waals surface area contributed by atoms with Crippen molar-refractivity contribution >= 4 is 29.2 Å². The first-order valence-corrected chi connectivity index (χ1v) is 10.1. The van der Waals surface area contributed by atoms with Crippen molar-refractivity contribution in [3.8, 4) is 22.9 Å². The third-order valence-electron chi connectivity index (χ3n) is 5.46. The number of aromatic carboxylic acids is 1. The second-order valence-corrected chi connectivity index (χ2v) is 7.65. The second-order valence-electron chi connectivity index (χ2n) is 7.21. The number of ether oxygens (including phenoxy) is 3. The molecule has 3 aromatic rings. The summed E-state index contributed by atoms with van der Waals surface area (Å²) in [4.78, 5) is 24.6. The first kappa shape index (κ1) is 21.6. The normalized spacial score (nSPS) is 15.0. The van der Waals surface area contributed by atoms with E-state index < -0.39 is 11.9 Å². The highest BCUT2D eigenvalue weighted by atomic mass is 35.5. The van der Waals surface area contributed by atoms with Gasteiger partial charge in [0.25, 0.3) is 0 Å². The molecule has 1 amide bonds. The van der Waals surface area contributed by atoms with Gasteiger partial charge in [0.05, 0.1) is 32.7 Å². The van der Waals surface area contributed by atoms with Crippen molar-refractivity contribution in [2.75, 3.05) is 26.6 Å². The van der Waals surface area contributed by atoms with Crippen LogP contribution in [0.5, 0.6) is 17.2 Å². The summed E-state index contributed by atoms with van der Waals surface area (Å²) in [6.45, 7) is 0. The number of rotatable bonds is 6. The number of hydrogen-bond donors (Lipinski definition) is 2. The predicted molar refractivity (Wildman–Crippen MR) is 119 cm³/mol. The van der Waals surface area contributed by atoms with Gasteiger partial charge in [0.1, 0.15) is 11.3 Å². The van der Waals surface area contributed by atoms with Crippen molar-refractivity contribution in [2.45, 2.75) is 12.3 Å². The van der Waals surface area contributed by atoms with Gasteiger partial charge in [-0.15, -0.1) is 0 Å². The van der Waals surface area contributed by atoms with Crippen molar-refractivity contribution in [1.29, 1.82) is 0 Å². The van der Waals surface area contributed by atoms with E-state index in [1.54, 1.807) is 34.9 Å². The highest BCUT2D eigenvalue weighted by molar-refractivity contribution is 6.30. The van der Waals surface area contributed by atoms with Gasteiger partial charge in [0.2, 0.25) is 5.91 Å². The molecule has 9 heteroatoms. The number of aromatic nitrogens is 1. The maximum Gasteiger partial charge on any atom is 0.339 e. The second kappa shape index (κ2) is 8.47. The molecule has 32 heavy (non-hydrogen) atoms. The van der Waals surface area contributed by atoms with E-state index in [-0.39, 0.29) is 23.6 Å². The number of fused-ring (bicyclic) bond motifs is 1. The summed E-state index contributed by atoms with van der Waals surface area (Å²) in [6.07, 6.45) is 1.58. The van der Waals surface area contributed by atoms with Gasteiger partial charge in [-0.25, -0.2) is 4.79 Å². The summed E-state index contributed by atoms with van der Waals surface area (Å²) < 4.78 is 18.2. The van der Waals surface area contributed by atoms with Crippen molar-refractivity contribution in [2.24, 2.45) is 0 Å². The standard InChI is InChI=1S/C23H21ClN2O6/c1-30-17-10-19(32-3)18(31-2)8-14(17)15-9-20(27)25-21-16(23(28)29)11-26(22(15)21)13-6-4-5-12(24)7-13/h4-8,10-11,15H,9H2,1-3H3,(H,25,27)(H,28,29). The fourth-order valence-corrected chi connectivity index (χ4v) is 4.24. The summed E-state index contributed by atoms with van der Waals surface area (Å²) in [6, 6.07) is 10.5. The van der Waals surface area contributed by atoms with Crippen molar-refractivity contribution in [3.63, 3.8) is 0 Å². The van der Waals surface area contributed by atoms with Crippen LogP contribution in [0.3, 0.4) is 0 Å². The number of carbonyl (C=O) groups excluding carboxylic acids is 1. The quantitative estimate of drug-likeness (QED) is 0.572. The Morgan fingerprint density at radius 2 is 1.78 bits per heavy atom. The van der Waals surface area contributed by atoms with Crippen molar-refractivity contribution < 1.29 is 28.9 Å². The maximum absolute atomic E-state index is 12.6. The number of methoxy groups -OCH3 is 3. The van der Waals surface area contributed by atoms with Crippen molar-refractivity contribution in [1.82, 2.24) is 4.57 Å². The van der Waals surface area contributed by atoms with E-state index in [1.807, 2.05) is 6.07 Å². The van der Waals surface area contributed by atoms with E-state index in [0.717, 1.165) is 0 Å².